The second-order valence-corrected chi connectivity index (χ2v) is 4.63. The first-order chi connectivity index (χ1) is 9.66. The summed E-state index contributed by atoms with van der Waals surface area (Å²) in [5.74, 6) is -0.901. The fraction of sp³-hybridized carbons (Fsp3) is 0.357. The maximum atomic E-state index is 11.9. The molecule has 6 heteroatoms. The molecule has 0 fully saturated rings. The molecule has 0 atom stereocenters. The van der Waals surface area contributed by atoms with E-state index in [-0.39, 0.29) is 12.3 Å². The van der Waals surface area contributed by atoms with E-state index in [0.29, 0.717) is 18.5 Å². The predicted molar refractivity (Wildman–Crippen MR) is 74.5 cm³/mol. The molecule has 0 aliphatic heterocycles. The van der Waals surface area contributed by atoms with Gasteiger partial charge in [0.15, 0.2) is 0 Å². The van der Waals surface area contributed by atoms with Gasteiger partial charge in [0.1, 0.15) is 0 Å². The zero-order valence-corrected chi connectivity index (χ0v) is 11.1. The number of fused-ring (bicyclic) bond motifs is 1. The molecule has 1 amide bonds. The van der Waals surface area contributed by atoms with Crippen LogP contribution in [0.2, 0.25) is 0 Å². The maximum Gasteiger partial charge on any atom is 0.303 e. The van der Waals surface area contributed by atoms with Crippen molar-refractivity contribution in [1.82, 2.24) is 15.5 Å². The number of carbonyl (C=O) groups is 2. The number of carboxylic acid groups (broad SMARTS) is 1. The first kappa shape index (κ1) is 14.0. The van der Waals surface area contributed by atoms with Gasteiger partial charge in [0.05, 0.1) is 11.7 Å². The van der Waals surface area contributed by atoms with E-state index < -0.39 is 5.97 Å². The minimum Gasteiger partial charge on any atom is -0.481 e. The average Bonchev–Trinajstić information content (AvgIpc) is 2.89. The number of aromatic nitrogens is 2. The normalized spacial score (nSPS) is 10.6. The van der Waals surface area contributed by atoms with Gasteiger partial charge in [-0.3, -0.25) is 14.7 Å². The fourth-order valence-electron chi connectivity index (χ4n) is 1.96. The van der Waals surface area contributed by atoms with E-state index >= 15 is 0 Å². The number of carboxylic acids is 1. The van der Waals surface area contributed by atoms with Gasteiger partial charge in [0, 0.05) is 23.9 Å². The number of carbonyl (C=O) groups excluding carboxylic acids is 1. The number of rotatable bonds is 7. The molecule has 1 aromatic heterocycles. The van der Waals surface area contributed by atoms with Crippen LogP contribution < -0.4 is 5.32 Å². The topological polar surface area (TPSA) is 95.1 Å². The van der Waals surface area contributed by atoms with E-state index in [4.69, 9.17) is 5.11 Å². The molecule has 0 saturated carbocycles. The summed E-state index contributed by atoms with van der Waals surface area (Å²) in [7, 11) is 0. The molecule has 2 aromatic rings. The van der Waals surface area contributed by atoms with Gasteiger partial charge < -0.3 is 10.4 Å². The summed E-state index contributed by atoms with van der Waals surface area (Å²) >= 11 is 0. The standard InChI is InChI=1S/C14H17N3O3/c18-13(19)4-2-1-3-7-15-14(20)10-5-6-11-9-16-17-12(11)8-10/h5-6,8-9H,1-4,7H2,(H,15,20)(H,16,17)(H,18,19). The molecular weight excluding hydrogens is 258 g/mol. The highest BCUT2D eigenvalue weighted by Crippen LogP contribution is 2.12. The van der Waals surface area contributed by atoms with Gasteiger partial charge in [-0.2, -0.15) is 5.10 Å². The Bertz CT molecular complexity index is 606. The molecule has 0 spiro atoms. The summed E-state index contributed by atoms with van der Waals surface area (Å²) in [6, 6.07) is 5.38. The molecule has 1 heterocycles. The Morgan fingerprint density at radius 2 is 2.10 bits per heavy atom. The van der Waals surface area contributed by atoms with Crippen LogP contribution in [0.3, 0.4) is 0 Å². The smallest absolute Gasteiger partial charge is 0.303 e. The second-order valence-electron chi connectivity index (χ2n) is 4.63. The van der Waals surface area contributed by atoms with Crippen LogP contribution in [0, 0.1) is 0 Å². The Labute approximate surface area is 116 Å². The summed E-state index contributed by atoms with van der Waals surface area (Å²) in [5, 5.41) is 19.0. The van der Waals surface area contributed by atoms with Gasteiger partial charge in [0.25, 0.3) is 5.91 Å². The van der Waals surface area contributed by atoms with E-state index in [1.165, 1.54) is 0 Å². The van der Waals surface area contributed by atoms with Crippen molar-refractivity contribution in [1.29, 1.82) is 0 Å². The Balaban J connectivity index is 1.75. The highest BCUT2D eigenvalue weighted by atomic mass is 16.4. The number of H-pyrrole nitrogens is 1. The van der Waals surface area contributed by atoms with Gasteiger partial charge in [-0.1, -0.05) is 12.5 Å². The van der Waals surface area contributed by atoms with Crippen molar-refractivity contribution in [3.8, 4) is 0 Å². The molecule has 3 N–H and O–H groups in total. The van der Waals surface area contributed by atoms with E-state index in [1.54, 1.807) is 18.3 Å². The Kier molecular flexibility index (Phi) is 4.70. The largest absolute Gasteiger partial charge is 0.481 e. The number of amides is 1. The van der Waals surface area contributed by atoms with E-state index in [0.717, 1.165) is 23.7 Å². The summed E-state index contributed by atoms with van der Waals surface area (Å²) in [6.07, 6.45) is 4.12. The fourth-order valence-corrected chi connectivity index (χ4v) is 1.96. The monoisotopic (exact) mass is 275 g/mol. The summed E-state index contributed by atoms with van der Waals surface area (Å²) in [6.45, 7) is 0.555. The Morgan fingerprint density at radius 1 is 1.25 bits per heavy atom. The van der Waals surface area contributed by atoms with Crippen molar-refractivity contribution in [3.63, 3.8) is 0 Å². The Hall–Kier alpha value is -2.37. The van der Waals surface area contributed by atoms with Gasteiger partial charge in [0.2, 0.25) is 0 Å². The van der Waals surface area contributed by atoms with Crippen LogP contribution >= 0.6 is 0 Å². The molecule has 0 saturated heterocycles. The average molecular weight is 275 g/mol. The van der Waals surface area contributed by atoms with Crippen LogP contribution in [-0.4, -0.2) is 33.7 Å². The Morgan fingerprint density at radius 3 is 2.90 bits per heavy atom. The quantitative estimate of drug-likeness (QED) is 0.673. The summed E-state index contributed by atoms with van der Waals surface area (Å²) in [5.41, 5.74) is 1.42. The highest BCUT2D eigenvalue weighted by molar-refractivity contribution is 5.97. The van der Waals surface area contributed by atoms with Crippen LogP contribution in [-0.2, 0) is 4.79 Å². The van der Waals surface area contributed by atoms with Crippen molar-refractivity contribution in [2.45, 2.75) is 25.7 Å². The van der Waals surface area contributed by atoms with E-state index in [2.05, 4.69) is 15.5 Å². The minimum atomic E-state index is -0.776. The third kappa shape index (κ3) is 3.81. The van der Waals surface area contributed by atoms with Crippen LogP contribution in [0.25, 0.3) is 10.9 Å². The summed E-state index contributed by atoms with van der Waals surface area (Å²) < 4.78 is 0. The first-order valence-electron chi connectivity index (χ1n) is 6.60. The maximum absolute atomic E-state index is 11.9. The van der Waals surface area contributed by atoms with Crippen molar-refractivity contribution in [2.24, 2.45) is 0 Å². The van der Waals surface area contributed by atoms with E-state index in [9.17, 15) is 9.59 Å². The molecule has 6 nitrogen and oxygen atoms in total. The van der Waals surface area contributed by atoms with Crippen LogP contribution in [0.5, 0.6) is 0 Å². The number of aliphatic carboxylic acids is 1. The first-order valence-corrected chi connectivity index (χ1v) is 6.60. The number of benzene rings is 1. The SMILES string of the molecule is O=C(O)CCCCCNC(=O)c1ccc2cn[nH]c2c1. The number of hydrogen-bond donors (Lipinski definition) is 3. The number of nitrogens with zero attached hydrogens (tertiary/aromatic N) is 1. The lowest BCUT2D eigenvalue weighted by Gasteiger charge is -2.05. The molecule has 0 aliphatic carbocycles. The molecular formula is C14H17N3O3. The van der Waals surface area contributed by atoms with Gasteiger partial charge >= 0.3 is 5.97 Å². The molecule has 0 radical (unpaired) electrons. The molecule has 1 aromatic carbocycles. The van der Waals surface area contributed by atoms with Crippen LogP contribution in [0.15, 0.2) is 24.4 Å². The van der Waals surface area contributed by atoms with Gasteiger partial charge in [-0.05, 0) is 25.0 Å². The van der Waals surface area contributed by atoms with Crippen molar-refractivity contribution >= 4 is 22.8 Å². The number of hydrogen-bond acceptors (Lipinski definition) is 3. The lowest BCUT2D eigenvalue weighted by Crippen LogP contribution is -2.24. The van der Waals surface area contributed by atoms with Gasteiger partial charge in [-0.15, -0.1) is 0 Å². The molecule has 20 heavy (non-hydrogen) atoms. The van der Waals surface area contributed by atoms with Crippen LogP contribution in [0.1, 0.15) is 36.0 Å². The molecule has 0 aliphatic rings. The van der Waals surface area contributed by atoms with Gasteiger partial charge in [-0.25, -0.2) is 0 Å². The van der Waals surface area contributed by atoms with Crippen molar-refractivity contribution < 1.29 is 14.7 Å². The summed E-state index contributed by atoms with van der Waals surface area (Å²) in [4.78, 5) is 22.2. The number of unbranched alkanes of at least 4 members (excludes halogenated alkanes) is 2. The minimum absolute atomic E-state index is 0.125. The molecule has 0 bridgehead atoms. The van der Waals surface area contributed by atoms with Crippen LogP contribution in [0.4, 0.5) is 0 Å². The number of aromatic amines is 1. The zero-order valence-electron chi connectivity index (χ0n) is 11.1. The third-order valence-electron chi connectivity index (χ3n) is 3.06. The molecule has 2 rings (SSSR count). The third-order valence-corrected chi connectivity index (χ3v) is 3.06. The lowest BCUT2D eigenvalue weighted by atomic mass is 10.1. The molecule has 106 valence electrons. The lowest BCUT2D eigenvalue weighted by molar-refractivity contribution is -0.137. The van der Waals surface area contributed by atoms with E-state index in [1.807, 2.05) is 6.07 Å². The van der Waals surface area contributed by atoms with Crippen molar-refractivity contribution in [2.75, 3.05) is 6.54 Å². The number of nitrogens with one attached hydrogen (secondary N) is 2. The predicted octanol–water partition coefficient (Wildman–Crippen LogP) is 1.94. The second kappa shape index (κ2) is 6.70. The zero-order chi connectivity index (χ0) is 14.4. The highest BCUT2D eigenvalue weighted by Gasteiger charge is 2.06. The molecule has 0 unspecified atom stereocenters. The van der Waals surface area contributed by atoms with Crippen molar-refractivity contribution in [3.05, 3.63) is 30.0 Å².